The molecular formula is C13H13BrN2O2. The first-order valence-electron chi connectivity index (χ1n) is 5.39. The Hall–Kier alpha value is -1.75. The molecule has 0 spiro atoms. The highest BCUT2D eigenvalue weighted by molar-refractivity contribution is 9.10. The van der Waals surface area contributed by atoms with Gasteiger partial charge in [0.2, 0.25) is 0 Å². The van der Waals surface area contributed by atoms with Crippen molar-refractivity contribution in [3.8, 4) is 0 Å². The van der Waals surface area contributed by atoms with Gasteiger partial charge in [-0.2, -0.15) is 0 Å². The van der Waals surface area contributed by atoms with Gasteiger partial charge in [0.15, 0.2) is 0 Å². The molecule has 0 saturated carbocycles. The molecule has 0 fully saturated rings. The Labute approximate surface area is 113 Å². The summed E-state index contributed by atoms with van der Waals surface area (Å²) in [5.74, 6) is -0.378. The standard InChI is InChI=1S/C13H13BrN2O2/c1-16-7-11(15)6-12(16)13(17)18-8-9-2-4-10(14)5-3-9/h2-7H,8,15H2,1H3. The highest BCUT2D eigenvalue weighted by Gasteiger charge is 2.12. The second kappa shape index (κ2) is 5.27. The molecule has 18 heavy (non-hydrogen) atoms. The van der Waals surface area contributed by atoms with Gasteiger partial charge in [0.1, 0.15) is 12.3 Å². The van der Waals surface area contributed by atoms with Gasteiger partial charge in [0.25, 0.3) is 0 Å². The molecule has 0 bridgehead atoms. The molecule has 0 aliphatic heterocycles. The second-order valence-corrected chi connectivity index (χ2v) is 4.89. The minimum atomic E-state index is -0.378. The van der Waals surface area contributed by atoms with E-state index in [-0.39, 0.29) is 12.6 Å². The van der Waals surface area contributed by atoms with Crippen molar-refractivity contribution < 1.29 is 9.53 Å². The number of anilines is 1. The van der Waals surface area contributed by atoms with Crippen LogP contribution in [0.5, 0.6) is 0 Å². The Bertz CT molecular complexity index is 561. The number of carbonyl (C=O) groups excluding carboxylic acids is 1. The molecular weight excluding hydrogens is 296 g/mol. The minimum Gasteiger partial charge on any atom is -0.456 e. The molecule has 0 unspecified atom stereocenters. The second-order valence-electron chi connectivity index (χ2n) is 3.97. The first-order chi connectivity index (χ1) is 8.56. The van der Waals surface area contributed by atoms with Crippen molar-refractivity contribution in [1.82, 2.24) is 4.57 Å². The topological polar surface area (TPSA) is 57.2 Å². The van der Waals surface area contributed by atoms with Gasteiger partial charge in [-0.1, -0.05) is 28.1 Å². The number of aromatic nitrogens is 1. The van der Waals surface area contributed by atoms with Gasteiger partial charge in [-0.15, -0.1) is 0 Å². The maximum Gasteiger partial charge on any atom is 0.355 e. The Morgan fingerprint density at radius 2 is 2.06 bits per heavy atom. The van der Waals surface area contributed by atoms with E-state index in [1.54, 1.807) is 23.9 Å². The van der Waals surface area contributed by atoms with E-state index in [2.05, 4.69) is 15.9 Å². The van der Waals surface area contributed by atoms with Crippen molar-refractivity contribution in [1.29, 1.82) is 0 Å². The number of rotatable bonds is 3. The normalized spacial score (nSPS) is 10.3. The fourth-order valence-corrected chi connectivity index (χ4v) is 1.86. The molecule has 4 nitrogen and oxygen atoms in total. The lowest BCUT2D eigenvalue weighted by Crippen LogP contribution is -2.09. The van der Waals surface area contributed by atoms with Crippen molar-refractivity contribution >= 4 is 27.6 Å². The highest BCUT2D eigenvalue weighted by Crippen LogP contribution is 2.13. The SMILES string of the molecule is Cn1cc(N)cc1C(=O)OCc1ccc(Br)cc1. The summed E-state index contributed by atoms with van der Waals surface area (Å²) < 4.78 is 7.86. The highest BCUT2D eigenvalue weighted by atomic mass is 79.9. The van der Waals surface area contributed by atoms with Crippen LogP contribution in [0.4, 0.5) is 5.69 Å². The molecule has 1 aromatic carbocycles. The maximum atomic E-state index is 11.8. The third-order valence-corrected chi connectivity index (χ3v) is 3.05. The third-order valence-electron chi connectivity index (χ3n) is 2.52. The predicted molar refractivity (Wildman–Crippen MR) is 73.1 cm³/mol. The summed E-state index contributed by atoms with van der Waals surface area (Å²) in [6.07, 6.45) is 1.68. The van der Waals surface area contributed by atoms with E-state index in [9.17, 15) is 4.79 Å². The van der Waals surface area contributed by atoms with Crippen molar-refractivity contribution in [2.75, 3.05) is 5.73 Å². The van der Waals surface area contributed by atoms with Gasteiger partial charge in [-0.3, -0.25) is 0 Å². The summed E-state index contributed by atoms with van der Waals surface area (Å²) in [5.41, 5.74) is 7.54. The van der Waals surface area contributed by atoms with Gasteiger partial charge >= 0.3 is 5.97 Å². The minimum absolute atomic E-state index is 0.247. The van der Waals surface area contributed by atoms with E-state index < -0.39 is 0 Å². The van der Waals surface area contributed by atoms with Crippen LogP contribution in [0.25, 0.3) is 0 Å². The first kappa shape index (κ1) is 12.7. The maximum absolute atomic E-state index is 11.8. The number of nitrogens with two attached hydrogens (primary N) is 1. The summed E-state index contributed by atoms with van der Waals surface area (Å²) in [4.78, 5) is 11.8. The van der Waals surface area contributed by atoms with Crippen LogP contribution in [0.3, 0.4) is 0 Å². The summed E-state index contributed by atoms with van der Waals surface area (Å²) in [6, 6.07) is 9.21. The molecule has 0 aliphatic rings. The van der Waals surface area contributed by atoms with Gasteiger partial charge in [-0.05, 0) is 23.8 Å². The number of esters is 1. The molecule has 0 aliphatic carbocycles. The van der Waals surface area contributed by atoms with E-state index in [1.165, 1.54) is 0 Å². The Balaban J connectivity index is 2.00. The zero-order valence-corrected chi connectivity index (χ0v) is 11.5. The Morgan fingerprint density at radius 3 is 2.61 bits per heavy atom. The van der Waals surface area contributed by atoms with Gasteiger partial charge in [-0.25, -0.2) is 4.79 Å². The van der Waals surface area contributed by atoms with Crippen LogP contribution in [0.1, 0.15) is 16.1 Å². The van der Waals surface area contributed by atoms with Gasteiger partial charge < -0.3 is 15.0 Å². The molecule has 0 saturated heterocycles. The van der Waals surface area contributed by atoms with Crippen molar-refractivity contribution in [2.45, 2.75) is 6.61 Å². The summed E-state index contributed by atoms with van der Waals surface area (Å²) in [6.45, 7) is 0.247. The van der Waals surface area contributed by atoms with Crippen LogP contribution in [-0.4, -0.2) is 10.5 Å². The summed E-state index contributed by atoms with van der Waals surface area (Å²) in [5, 5.41) is 0. The number of nitrogen functional groups attached to an aromatic ring is 1. The van der Waals surface area contributed by atoms with E-state index in [4.69, 9.17) is 10.5 Å². The lowest BCUT2D eigenvalue weighted by atomic mass is 10.2. The largest absolute Gasteiger partial charge is 0.456 e. The average molecular weight is 309 g/mol. The Morgan fingerprint density at radius 1 is 1.39 bits per heavy atom. The van der Waals surface area contributed by atoms with Gasteiger partial charge in [0, 0.05) is 17.7 Å². The molecule has 2 rings (SSSR count). The van der Waals surface area contributed by atoms with E-state index in [0.717, 1.165) is 10.0 Å². The lowest BCUT2D eigenvalue weighted by molar-refractivity contribution is 0.0461. The lowest BCUT2D eigenvalue weighted by Gasteiger charge is -2.05. The van der Waals surface area contributed by atoms with Crippen LogP contribution in [-0.2, 0) is 18.4 Å². The van der Waals surface area contributed by atoms with Crippen LogP contribution in [0.15, 0.2) is 41.0 Å². The number of halogens is 1. The molecule has 94 valence electrons. The van der Waals surface area contributed by atoms with E-state index in [1.807, 2.05) is 24.3 Å². The van der Waals surface area contributed by atoms with E-state index >= 15 is 0 Å². The predicted octanol–water partition coefficient (Wildman–Crippen LogP) is 2.73. The third kappa shape index (κ3) is 2.92. The van der Waals surface area contributed by atoms with E-state index in [0.29, 0.717) is 11.4 Å². The zero-order valence-electron chi connectivity index (χ0n) is 9.89. The quantitative estimate of drug-likeness (QED) is 0.887. The number of aryl methyl sites for hydroxylation is 1. The monoisotopic (exact) mass is 308 g/mol. The van der Waals surface area contributed by atoms with Gasteiger partial charge in [0.05, 0.1) is 5.69 Å². The molecule has 5 heteroatoms. The number of carbonyl (C=O) groups is 1. The summed E-state index contributed by atoms with van der Waals surface area (Å²) in [7, 11) is 1.76. The number of ether oxygens (including phenoxy) is 1. The molecule has 0 radical (unpaired) electrons. The fraction of sp³-hybridized carbons (Fsp3) is 0.154. The van der Waals surface area contributed by atoms with Crippen molar-refractivity contribution in [3.63, 3.8) is 0 Å². The van der Waals surface area contributed by atoms with Crippen LogP contribution in [0.2, 0.25) is 0 Å². The molecule has 1 heterocycles. The smallest absolute Gasteiger partial charge is 0.355 e. The van der Waals surface area contributed by atoms with Crippen molar-refractivity contribution in [2.24, 2.45) is 7.05 Å². The molecule has 2 N–H and O–H groups in total. The zero-order chi connectivity index (χ0) is 13.1. The average Bonchev–Trinajstić information content (AvgIpc) is 2.67. The summed E-state index contributed by atoms with van der Waals surface area (Å²) >= 11 is 3.35. The van der Waals surface area contributed by atoms with Crippen molar-refractivity contribution in [3.05, 3.63) is 52.3 Å². The Kier molecular flexibility index (Phi) is 3.72. The molecule has 2 aromatic rings. The number of hydrogen-bond donors (Lipinski definition) is 1. The number of benzene rings is 1. The van der Waals surface area contributed by atoms with Crippen LogP contribution < -0.4 is 5.73 Å². The fourth-order valence-electron chi connectivity index (χ4n) is 1.60. The number of hydrogen-bond acceptors (Lipinski definition) is 3. The molecule has 0 amide bonds. The first-order valence-corrected chi connectivity index (χ1v) is 6.19. The molecule has 1 aromatic heterocycles. The number of nitrogens with zero attached hydrogens (tertiary/aromatic N) is 1. The van der Waals surface area contributed by atoms with Crippen LogP contribution >= 0.6 is 15.9 Å². The molecule has 0 atom stereocenters. The van der Waals surface area contributed by atoms with Crippen LogP contribution in [0, 0.1) is 0 Å².